The number of benzene rings is 2. The molecule has 0 saturated heterocycles. The molecule has 3 rings (SSSR count). The Bertz CT molecular complexity index is 897. The summed E-state index contributed by atoms with van der Waals surface area (Å²) in [6.45, 7) is 1.92. The van der Waals surface area contributed by atoms with Gasteiger partial charge in [-0.2, -0.15) is 0 Å². The summed E-state index contributed by atoms with van der Waals surface area (Å²) in [6.07, 6.45) is 1.74. The van der Waals surface area contributed by atoms with Gasteiger partial charge in [0.25, 0.3) is 5.91 Å². The van der Waals surface area contributed by atoms with E-state index in [1.165, 1.54) is 4.57 Å². The van der Waals surface area contributed by atoms with Gasteiger partial charge in [-0.1, -0.05) is 41.9 Å². The average Bonchev–Trinajstić information content (AvgIpc) is 2.83. The lowest BCUT2D eigenvalue weighted by atomic mass is 10.2. The lowest BCUT2D eigenvalue weighted by molar-refractivity contribution is 0.0958. The number of nitrogens with zero attached hydrogens (tertiary/aromatic N) is 2. The quantitative estimate of drug-likeness (QED) is 0.640. The zero-order chi connectivity index (χ0) is 15.7. The summed E-state index contributed by atoms with van der Waals surface area (Å²) in [5.74, 6) is -0.228. The van der Waals surface area contributed by atoms with E-state index in [9.17, 15) is 4.79 Å². The second kappa shape index (κ2) is 5.91. The maximum absolute atomic E-state index is 12.7. The molecule has 0 aliphatic heterocycles. The van der Waals surface area contributed by atoms with Crippen molar-refractivity contribution in [1.29, 1.82) is 0 Å². The fraction of sp³-hybridized carbons (Fsp3) is 0.0588. The molecule has 0 N–H and O–H groups in total. The van der Waals surface area contributed by atoms with Crippen molar-refractivity contribution in [2.24, 2.45) is 0 Å². The highest BCUT2D eigenvalue weighted by molar-refractivity contribution is 7.71. The second-order valence-electron chi connectivity index (χ2n) is 4.88. The Kier molecular flexibility index (Phi) is 3.96. The molecule has 0 atom stereocenters. The molecule has 0 aliphatic carbocycles. The molecule has 110 valence electrons. The van der Waals surface area contributed by atoms with Gasteiger partial charge in [-0.15, -0.1) is 0 Å². The van der Waals surface area contributed by atoms with Crippen LogP contribution in [0.3, 0.4) is 0 Å². The van der Waals surface area contributed by atoms with Gasteiger partial charge in [-0.05, 0) is 43.4 Å². The molecule has 0 aliphatic rings. The van der Waals surface area contributed by atoms with Crippen molar-refractivity contribution < 1.29 is 4.79 Å². The van der Waals surface area contributed by atoms with Crippen molar-refractivity contribution in [3.63, 3.8) is 0 Å². The number of halogens is 1. The van der Waals surface area contributed by atoms with Crippen molar-refractivity contribution in [3.05, 3.63) is 81.8 Å². The first-order valence-electron chi connectivity index (χ1n) is 6.75. The first-order chi connectivity index (χ1) is 10.6. The minimum Gasteiger partial charge on any atom is -0.289 e. The number of carbonyl (C=O) groups excluding carboxylic acids is 1. The van der Waals surface area contributed by atoms with E-state index in [0.717, 1.165) is 11.4 Å². The molecule has 1 aromatic heterocycles. The highest BCUT2D eigenvalue weighted by atomic mass is 35.5. The van der Waals surface area contributed by atoms with Crippen LogP contribution in [0.2, 0.25) is 5.02 Å². The molecule has 0 bridgehead atoms. The highest BCUT2D eigenvalue weighted by Gasteiger charge is 2.16. The molecule has 2 aromatic carbocycles. The highest BCUT2D eigenvalue weighted by Crippen LogP contribution is 2.19. The van der Waals surface area contributed by atoms with Crippen LogP contribution in [0.25, 0.3) is 5.69 Å². The van der Waals surface area contributed by atoms with E-state index < -0.39 is 0 Å². The van der Waals surface area contributed by atoms with Gasteiger partial charge in [0.2, 0.25) is 0 Å². The number of aromatic nitrogens is 2. The minimum atomic E-state index is -0.228. The van der Waals surface area contributed by atoms with E-state index in [1.54, 1.807) is 30.5 Å². The van der Waals surface area contributed by atoms with Crippen LogP contribution < -0.4 is 0 Å². The van der Waals surface area contributed by atoms with Crippen LogP contribution in [-0.2, 0) is 0 Å². The predicted octanol–water partition coefficient (Wildman–Crippen LogP) is 4.66. The zero-order valence-corrected chi connectivity index (χ0v) is 13.4. The smallest absolute Gasteiger partial charge is 0.265 e. The Labute approximate surface area is 138 Å². The maximum atomic E-state index is 12.7. The first-order valence-corrected chi connectivity index (χ1v) is 7.54. The molecule has 0 radical (unpaired) electrons. The van der Waals surface area contributed by atoms with Gasteiger partial charge in [0.05, 0.1) is 10.6 Å². The van der Waals surface area contributed by atoms with Crippen molar-refractivity contribution in [1.82, 2.24) is 9.13 Å². The molecule has 0 unspecified atom stereocenters. The third-order valence-electron chi connectivity index (χ3n) is 3.40. The van der Waals surface area contributed by atoms with Gasteiger partial charge >= 0.3 is 0 Å². The van der Waals surface area contributed by atoms with Crippen LogP contribution in [0, 0.1) is 11.7 Å². The molecule has 0 spiro atoms. The number of carbonyl (C=O) groups is 1. The topological polar surface area (TPSA) is 26.9 Å². The molecule has 0 amide bonds. The lowest BCUT2D eigenvalue weighted by Gasteiger charge is -2.06. The number of rotatable bonds is 2. The summed E-state index contributed by atoms with van der Waals surface area (Å²) in [4.78, 5) is 12.7. The van der Waals surface area contributed by atoms with Gasteiger partial charge in [0.1, 0.15) is 0 Å². The van der Waals surface area contributed by atoms with Gasteiger partial charge in [-0.25, -0.2) is 0 Å². The Morgan fingerprint density at radius 3 is 2.36 bits per heavy atom. The van der Waals surface area contributed by atoms with Gasteiger partial charge in [0.15, 0.2) is 4.77 Å². The van der Waals surface area contributed by atoms with Gasteiger partial charge < -0.3 is 0 Å². The van der Waals surface area contributed by atoms with E-state index in [4.69, 9.17) is 23.8 Å². The Morgan fingerprint density at radius 2 is 1.68 bits per heavy atom. The SMILES string of the molecule is Cc1cn(C(=O)c2ccccc2Cl)c(=S)n1-c1ccccc1. The van der Waals surface area contributed by atoms with Gasteiger partial charge in [0, 0.05) is 17.6 Å². The number of imidazole rings is 1. The van der Waals surface area contributed by atoms with Crippen LogP contribution in [-0.4, -0.2) is 15.0 Å². The molecule has 5 heteroatoms. The van der Waals surface area contributed by atoms with Crippen LogP contribution in [0.15, 0.2) is 60.8 Å². The summed E-state index contributed by atoms with van der Waals surface area (Å²) in [6, 6.07) is 16.7. The summed E-state index contributed by atoms with van der Waals surface area (Å²) >= 11 is 11.6. The molecule has 0 fully saturated rings. The van der Waals surface area contributed by atoms with E-state index in [1.807, 2.05) is 41.8 Å². The number of hydrogen-bond donors (Lipinski definition) is 0. The van der Waals surface area contributed by atoms with E-state index in [0.29, 0.717) is 15.4 Å². The Morgan fingerprint density at radius 1 is 1.05 bits per heavy atom. The maximum Gasteiger partial charge on any atom is 0.265 e. The van der Waals surface area contributed by atoms with Crippen molar-refractivity contribution in [3.8, 4) is 5.69 Å². The predicted molar refractivity (Wildman–Crippen MR) is 90.5 cm³/mol. The minimum absolute atomic E-state index is 0.228. The van der Waals surface area contributed by atoms with Crippen LogP contribution >= 0.6 is 23.8 Å². The standard InChI is InChI=1S/C17H13ClN2OS/c1-12-11-19(16(21)14-9-5-6-10-15(14)18)17(22)20(12)13-7-3-2-4-8-13/h2-11H,1H3. The third-order valence-corrected chi connectivity index (χ3v) is 4.11. The summed E-state index contributed by atoms with van der Waals surface area (Å²) in [5, 5.41) is 0.416. The van der Waals surface area contributed by atoms with Crippen LogP contribution in [0.1, 0.15) is 16.1 Å². The molecular formula is C17H13ClN2OS. The van der Waals surface area contributed by atoms with E-state index >= 15 is 0 Å². The van der Waals surface area contributed by atoms with Crippen molar-refractivity contribution in [2.45, 2.75) is 6.92 Å². The Balaban J connectivity index is 2.13. The van der Waals surface area contributed by atoms with Crippen LogP contribution in [0.4, 0.5) is 0 Å². The average molecular weight is 329 g/mol. The zero-order valence-electron chi connectivity index (χ0n) is 11.9. The normalized spacial score (nSPS) is 10.6. The van der Waals surface area contributed by atoms with E-state index in [2.05, 4.69) is 0 Å². The summed E-state index contributed by atoms with van der Waals surface area (Å²) < 4.78 is 3.75. The summed E-state index contributed by atoms with van der Waals surface area (Å²) in [5.41, 5.74) is 2.25. The number of aryl methyl sites for hydroxylation is 1. The van der Waals surface area contributed by atoms with Gasteiger partial charge in [-0.3, -0.25) is 13.9 Å². The molecule has 3 aromatic rings. The fourth-order valence-electron chi connectivity index (χ4n) is 2.36. The largest absolute Gasteiger partial charge is 0.289 e. The lowest BCUT2D eigenvalue weighted by Crippen LogP contribution is -2.12. The summed E-state index contributed by atoms with van der Waals surface area (Å²) in [7, 11) is 0. The van der Waals surface area contributed by atoms with E-state index in [-0.39, 0.29) is 5.91 Å². The van der Waals surface area contributed by atoms with Crippen molar-refractivity contribution in [2.75, 3.05) is 0 Å². The molecule has 22 heavy (non-hydrogen) atoms. The van der Waals surface area contributed by atoms with Crippen LogP contribution in [0.5, 0.6) is 0 Å². The molecule has 1 heterocycles. The first kappa shape index (κ1) is 14.8. The molecular weight excluding hydrogens is 316 g/mol. The third kappa shape index (κ3) is 2.51. The Hall–Kier alpha value is -2.17. The fourth-order valence-corrected chi connectivity index (χ4v) is 2.96. The van der Waals surface area contributed by atoms with Crippen molar-refractivity contribution >= 4 is 29.7 Å². The number of para-hydroxylation sites is 1. The monoisotopic (exact) mass is 328 g/mol. The second-order valence-corrected chi connectivity index (χ2v) is 5.65. The molecule has 3 nitrogen and oxygen atoms in total. The number of hydrogen-bond acceptors (Lipinski definition) is 2. The molecule has 0 saturated carbocycles.